The second-order valence-electron chi connectivity index (χ2n) is 10.2. The van der Waals surface area contributed by atoms with Crippen LogP contribution in [0.25, 0.3) is 0 Å². The maximum absolute atomic E-state index is 6.41. The molecule has 1 heteroatoms. The van der Waals surface area contributed by atoms with E-state index >= 15 is 0 Å². The summed E-state index contributed by atoms with van der Waals surface area (Å²) in [6.07, 6.45) is 10.2. The fraction of sp³-hybridized carbons (Fsp3) is 1.00. The zero-order chi connectivity index (χ0) is 14.1. The van der Waals surface area contributed by atoms with E-state index in [2.05, 4.69) is 34.6 Å². The van der Waals surface area contributed by atoms with Crippen LogP contribution in [0.15, 0.2) is 0 Å². The van der Waals surface area contributed by atoms with Crippen LogP contribution in [0.4, 0.5) is 0 Å². The first kappa shape index (κ1) is 13.9. The molecule has 1 nitrogen and oxygen atoms in total. The molecule has 110 valence electrons. The second kappa shape index (κ2) is 3.78. The van der Waals surface area contributed by atoms with Gasteiger partial charge in [-0.2, -0.15) is 0 Å². The SMILES string of the molecule is CC(C)(N)CC12CC3CC(C1)CC(C(C)(C)C)(C3)C2. The van der Waals surface area contributed by atoms with E-state index in [0.29, 0.717) is 16.2 Å². The van der Waals surface area contributed by atoms with Crippen molar-refractivity contribution in [3.05, 3.63) is 0 Å². The van der Waals surface area contributed by atoms with Crippen molar-refractivity contribution in [3.63, 3.8) is 0 Å². The molecule has 19 heavy (non-hydrogen) atoms. The molecule has 4 aliphatic rings. The van der Waals surface area contributed by atoms with Crippen molar-refractivity contribution in [3.8, 4) is 0 Å². The van der Waals surface area contributed by atoms with Crippen LogP contribution in [-0.4, -0.2) is 5.54 Å². The van der Waals surface area contributed by atoms with Gasteiger partial charge >= 0.3 is 0 Å². The summed E-state index contributed by atoms with van der Waals surface area (Å²) < 4.78 is 0. The van der Waals surface area contributed by atoms with Gasteiger partial charge in [0.25, 0.3) is 0 Å². The average molecular weight is 263 g/mol. The summed E-state index contributed by atoms with van der Waals surface area (Å²) >= 11 is 0. The van der Waals surface area contributed by atoms with Gasteiger partial charge in [-0.3, -0.25) is 0 Å². The number of nitrogens with two attached hydrogens (primary N) is 1. The highest BCUT2D eigenvalue weighted by molar-refractivity contribution is 5.12. The van der Waals surface area contributed by atoms with Gasteiger partial charge in [-0.05, 0) is 86.9 Å². The van der Waals surface area contributed by atoms with Crippen molar-refractivity contribution in [1.29, 1.82) is 0 Å². The Bertz CT molecular complexity index is 354. The predicted octanol–water partition coefficient (Wildman–Crippen LogP) is 4.75. The Hall–Kier alpha value is -0.0400. The summed E-state index contributed by atoms with van der Waals surface area (Å²) in [4.78, 5) is 0. The van der Waals surface area contributed by atoms with E-state index in [-0.39, 0.29) is 5.54 Å². The van der Waals surface area contributed by atoms with Gasteiger partial charge in [0.1, 0.15) is 0 Å². The van der Waals surface area contributed by atoms with E-state index in [0.717, 1.165) is 11.8 Å². The zero-order valence-corrected chi connectivity index (χ0v) is 13.7. The van der Waals surface area contributed by atoms with E-state index in [1.54, 1.807) is 0 Å². The molecule has 0 radical (unpaired) electrons. The van der Waals surface area contributed by atoms with Gasteiger partial charge in [-0.15, -0.1) is 0 Å². The molecule has 4 aliphatic carbocycles. The number of rotatable bonds is 2. The molecule has 2 atom stereocenters. The van der Waals surface area contributed by atoms with E-state index < -0.39 is 0 Å². The highest BCUT2D eigenvalue weighted by Crippen LogP contribution is 2.71. The van der Waals surface area contributed by atoms with Gasteiger partial charge in [0.05, 0.1) is 0 Å². The van der Waals surface area contributed by atoms with Gasteiger partial charge in [0.2, 0.25) is 0 Å². The topological polar surface area (TPSA) is 26.0 Å². The van der Waals surface area contributed by atoms with Crippen LogP contribution in [0.1, 0.15) is 79.6 Å². The lowest BCUT2D eigenvalue weighted by molar-refractivity contribution is -0.163. The molecular formula is C18H33N. The first-order valence-corrected chi connectivity index (χ1v) is 8.32. The predicted molar refractivity (Wildman–Crippen MR) is 81.9 cm³/mol. The highest BCUT2D eigenvalue weighted by atomic mass is 14.7. The van der Waals surface area contributed by atoms with Crippen LogP contribution in [0.2, 0.25) is 0 Å². The van der Waals surface area contributed by atoms with Crippen molar-refractivity contribution in [2.24, 2.45) is 33.8 Å². The molecule has 4 rings (SSSR count). The van der Waals surface area contributed by atoms with Crippen molar-refractivity contribution >= 4 is 0 Å². The minimum Gasteiger partial charge on any atom is -0.326 e. The maximum Gasteiger partial charge on any atom is 0.0102 e. The van der Waals surface area contributed by atoms with Gasteiger partial charge in [-0.1, -0.05) is 20.8 Å². The van der Waals surface area contributed by atoms with Crippen LogP contribution in [0.5, 0.6) is 0 Å². The van der Waals surface area contributed by atoms with Crippen LogP contribution in [0.3, 0.4) is 0 Å². The molecule has 0 heterocycles. The molecule has 2 N–H and O–H groups in total. The standard InChI is InChI=1S/C18H33N/c1-15(2,3)18-9-13-6-14(10-18)8-17(7-13,12-18)11-16(4,5)19/h13-14H,6-12,19H2,1-5H3. The van der Waals surface area contributed by atoms with E-state index in [1.807, 2.05) is 0 Å². The first-order valence-electron chi connectivity index (χ1n) is 8.32. The fourth-order valence-corrected chi connectivity index (χ4v) is 6.50. The molecule has 4 bridgehead atoms. The Labute approximate surface area is 119 Å². The molecule has 2 unspecified atom stereocenters. The van der Waals surface area contributed by atoms with Crippen LogP contribution in [0, 0.1) is 28.1 Å². The third-order valence-electron chi connectivity index (χ3n) is 6.60. The normalized spacial score (nSPS) is 45.8. The monoisotopic (exact) mass is 263 g/mol. The number of hydrogen-bond donors (Lipinski definition) is 1. The lowest BCUT2D eigenvalue weighted by Crippen LogP contribution is -2.58. The van der Waals surface area contributed by atoms with E-state index in [9.17, 15) is 0 Å². The Kier molecular flexibility index (Phi) is 2.77. The lowest BCUT2D eigenvalue weighted by Gasteiger charge is -2.67. The molecule has 0 aromatic carbocycles. The maximum atomic E-state index is 6.41. The summed E-state index contributed by atoms with van der Waals surface area (Å²) in [6.45, 7) is 11.9. The minimum absolute atomic E-state index is 0.00471. The molecule has 0 aromatic rings. The van der Waals surface area contributed by atoms with Gasteiger partial charge in [0, 0.05) is 5.54 Å². The number of hydrogen-bond acceptors (Lipinski definition) is 1. The van der Waals surface area contributed by atoms with Gasteiger partial charge < -0.3 is 5.73 Å². The van der Waals surface area contributed by atoms with E-state index in [1.165, 1.54) is 44.9 Å². The van der Waals surface area contributed by atoms with Gasteiger partial charge in [-0.25, -0.2) is 0 Å². The summed E-state index contributed by atoms with van der Waals surface area (Å²) in [6, 6.07) is 0. The third kappa shape index (κ3) is 2.26. The summed E-state index contributed by atoms with van der Waals surface area (Å²) in [5.74, 6) is 2.01. The molecule has 0 spiro atoms. The quantitative estimate of drug-likeness (QED) is 0.764. The molecule has 0 aliphatic heterocycles. The summed E-state index contributed by atoms with van der Waals surface area (Å²) in [5, 5.41) is 0. The lowest BCUT2D eigenvalue weighted by atomic mass is 9.38. The highest BCUT2D eigenvalue weighted by Gasteiger charge is 2.61. The molecule has 0 amide bonds. The Balaban J connectivity index is 1.93. The van der Waals surface area contributed by atoms with Crippen LogP contribution >= 0.6 is 0 Å². The van der Waals surface area contributed by atoms with Gasteiger partial charge in [0.15, 0.2) is 0 Å². The first-order chi connectivity index (χ1) is 8.53. The molecule has 4 saturated carbocycles. The van der Waals surface area contributed by atoms with Crippen LogP contribution in [-0.2, 0) is 0 Å². The molecule has 4 fully saturated rings. The Morgan fingerprint density at radius 1 is 0.947 bits per heavy atom. The van der Waals surface area contributed by atoms with Crippen LogP contribution < -0.4 is 5.73 Å². The zero-order valence-electron chi connectivity index (χ0n) is 13.7. The second-order valence-corrected chi connectivity index (χ2v) is 10.2. The molecule has 0 aromatic heterocycles. The Morgan fingerprint density at radius 2 is 1.47 bits per heavy atom. The molecular weight excluding hydrogens is 230 g/mol. The van der Waals surface area contributed by atoms with E-state index in [4.69, 9.17) is 5.73 Å². The third-order valence-corrected chi connectivity index (χ3v) is 6.60. The van der Waals surface area contributed by atoms with Crippen molar-refractivity contribution in [2.45, 2.75) is 85.1 Å². The van der Waals surface area contributed by atoms with Crippen molar-refractivity contribution in [2.75, 3.05) is 0 Å². The van der Waals surface area contributed by atoms with Crippen molar-refractivity contribution < 1.29 is 0 Å². The smallest absolute Gasteiger partial charge is 0.0102 e. The molecule has 0 saturated heterocycles. The minimum atomic E-state index is 0.00471. The van der Waals surface area contributed by atoms with Crippen molar-refractivity contribution in [1.82, 2.24) is 0 Å². The Morgan fingerprint density at radius 3 is 1.89 bits per heavy atom. The fourth-order valence-electron chi connectivity index (χ4n) is 6.50. The average Bonchev–Trinajstić information content (AvgIpc) is 2.08. The summed E-state index contributed by atoms with van der Waals surface area (Å²) in [5.41, 5.74) is 8.07. The largest absolute Gasteiger partial charge is 0.326 e. The summed E-state index contributed by atoms with van der Waals surface area (Å²) in [7, 11) is 0.